The van der Waals surface area contributed by atoms with E-state index in [2.05, 4.69) is 16.9 Å². The molecule has 0 bridgehead atoms. The van der Waals surface area contributed by atoms with Gasteiger partial charge in [-0.05, 0) is 66.5 Å². The molecule has 8 nitrogen and oxygen atoms in total. The van der Waals surface area contributed by atoms with Crippen molar-refractivity contribution in [3.05, 3.63) is 84.1 Å². The van der Waals surface area contributed by atoms with Crippen LogP contribution in [0.15, 0.2) is 78.6 Å². The van der Waals surface area contributed by atoms with Crippen molar-refractivity contribution in [2.24, 2.45) is 29.1 Å². The molecular weight excluding hydrogens is 532 g/mol. The largest absolute Gasteiger partial charge is 0.450 e. The molecule has 8 atom stereocenters. The Kier molecular flexibility index (Phi) is 7.94. The number of benzene rings is 1. The number of fused-ring (bicyclic) bond motifs is 1. The first-order valence-corrected chi connectivity index (χ1v) is 14.5. The van der Waals surface area contributed by atoms with Gasteiger partial charge in [0, 0.05) is 41.9 Å². The number of aromatic amines is 1. The average molecular weight is 571 g/mol. The number of hydrogen-bond acceptors (Lipinski definition) is 6. The Bertz CT molecular complexity index is 1550. The molecule has 220 valence electrons. The van der Waals surface area contributed by atoms with Crippen molar-refractivity contribution in [1.29, 1.82) is 0 Å². The monoisotopic (exact) mass is 570 g/mol. The Morgan fingerprint density at radius 3 is 2.64 bits per heavy atom. The van der Waals surface area contributed by atoms with Gasteiger partial charge in [-0.1, -0.05) is 56.9 Å². The summed E-state index contributed by atoms with van der Waals surface area (Å²) >= 11 is 0. The molecular formula is C34H38N2O6. The van der Waals surface area contributed by atoms with Crippen molar-refractivity contribution in [3.63, 3.8) is 0 Å². The van der Waals surface area contributed by atoms with Gasteiger partial charge in [0.2, 0.25) is 11.7 Å². The zero-order valence-electron chi connectivity index (χ0n) is 24.4. The van der Waals surface area contributed by atoms with E-state index >= 15 is 0 Å². The maximum absolute atomic E-state index is 14.3. The third-order valence-electron chi connectivity index (χ3n) is 9.30. The number of carbonyl (C=O) groups is 4. The highest BCUT2D eigenvalue weighted by atomic mass is 16.5. The Balaban J connectivity index is 1.62. The molecule has 2 fully saturated rings. The summed E-state index contributed by atoms with van der Waals surface area (Å²) in [5, 5.41) is 15.7. The van der Waals surface area contributed by atoms with Crippen molar-refractivity contribution >= 4 is 34.3 Å². The van der Waals surface area contributed by atoms with Crippen LogP contribution in [0.1, 0.15) is 39.7 Å². The van der Waals surface area contributed by atoms with E-state index in [0.29, 0.717) is 24.0 Å². The number of allylic oxidation sites excluding steroid dienone is 3. The Morgan fingerprint density at radius 2 is 1.90 bits per heavy atom. The molecule has 3 N–H and O–H groups in total. The predicted molar refractivity (Wildman–Crippen MR) is 159 cm³/mol. The minimum Gasteiger partial charge on any atom is -0.450 e. The van der Waals surface area contributed by atoms with E-state index in [1.165, 1.54) is 6.92 Å². The highest BCUT2D eigenvalue weighted by molar-refractivity contribution is 6.15. The van der Waals surface area contributed by atoms with Gasteiger partial charge in [0.25, 0.3) is 0 Å². The molecule has 0 unspecified atom stereocenters. The predicted octanol–water partition coefficient (Wildman–Crippen LogP) is 4.16. The minimum atomic E-state index is -1.67. The van der Waals surface area contributed by atoms with Gasteiger partial charge in [-0.2, -0.15) is 0 Å². The van der Waals surface area contributed by atoms with E-state index in [4.69, 9.17) is 4.74 Å². The van der Waals surface area contributed by atoms with Crippen molar-refractivity contribution < 1.29 is 29.0 Å². The first-order valence-electron chi connectivity index (χ1n) is 14.5. The van der Waals surface area contributed by atoms with Gasteiger partial charge >= 0.3 is 5.97 Å². The van der Waals surface area contributed by atoms with Crippen molar-refractivity contribution in [1.82, 2.24) is 10.3 Å². The lowest BCUT2D eigenvalue weighted by atomic mass is 9.52. The van der Waals surface area contributed by atoms with Crippen LogP contribution in [-0.4, -0.2) is 51.8 Å². The highest BCUT2D eigenvalue weighted by Crippen LogP contribution is 2.56. The molecule has 8 heteroatoms. The van der Waals surface area contributed by atoms with Crippen molar-refractivity contribution in [2.45, 2.75) is 58.8 Å². The molecule has 1 saturated carbocycles. The Hall–Kier alpha value is -4.04. The lowest BCUT2D eigenvalue weighted by Gasteiger charge is -2.48. The number of ether oxygens (including phenoxy) is 1. The zero-order chi connectivity index (χ0) is 30.3. The van der Waals surface area contributed by atoms with Crippen LogP contribution in [0.5, 0.6) is 0 Å². The number of carbonyl (C=O) groups excluding carboxylic acids is 4. The van der Waals surface area contributed by atoms with E-state index < -0.39 is 58.9 Å². The molecule has 5 rings (SSSR count). The molecule has 1 amide bonds. The molecule has 3 aliphatic rings. The molecule has 2 aromatic rings. The van der Waals surface area contributed by atoms with E-state index in [-0.39, 0.29) is 11.8 Å². The third kappa shape index (κ3) is 4.87. The van der Waals surface area contributed by atoms with Crippen LogP contribution in [-0.2, 0) is 30.3 Å². The maximum Gasteiger partial charge on any atom is 0.303 e. The Morgan fingerprint density at radius 1 is 1.17 bits per heavy atom. The number of esters is 1. The SMILES string of the molecule is C=C1[C@@H](C)[C@H]2[C@H](Cc3c[nH]c4ccccc34)NC(=O)[C@@]23C(=O)/C=C/C(=O)[C@H](OC(C)=O)/C(C)=C/[C@@H](C)C/C=C/[C@H]3[C@@H]1O. The van der Waals surface area contributed by atoms with E-state index in [0.717, 1.165) is 28.6 Å². The van der Waals surface area contributed by atoms with Gasteiger partial charge in [0.15, 0.2) is 11.9 Å². The number of ketones is 2. The molecule has 2 heterocycles. The van der Waals surface area contributed by atoms with Gasteiger partial charge in [-0.3, -0.25) is 19.2 Å². The first-order chi connectivity index (χ1) is 20.0. The summed E-state index contributed by atoms with van der Waals surface area (Å²) < 4.78 is 5.34. The van der Waals surface area contributed by atoms with E-state index in [9.17, 15) is 24.3 Å². The van der Waals surface area contributed by atoms with Gasteiger partial charge in [0.05, 0.1) is 6.10 Å². The van der Waals surface area contributed by atoms with Gasteiger partial charge in [-0.25, -0.2) is 0 Å². The fourth-order valence-corrected chi connectivity index (χ4v) is 7.32. The number of H-pyrrole nitrogens is 1. The van der Waals surface area contributed by atoms with Crippen LogP contribution in [0.2, 0.25) is 0 Å². The van der Waals surface area contributed by atoms with Crippen LogP contribution in [0, 0.1) is 29.1 Å². The van der Waals surface area contributed by atoms with E-state index in [1.807, 2.05) is 56.5 Å². The van der Waals surface area contributed by atoms with Crippen LogP contribution in [0.4, 0.5) is 0 Å². The summed E-state index contributed by atoms with van der Waals surface area (Å²) in [5.41, 5.74) is 1.44. The summed E-state index contributed by atoms with van der Waals surface area (Å²) in [7, 11) is 0. The smallest absolute Gasteiger partial charge is 0.303 e. The molecule has 42 heavy (non-hydrogen) atoms. The maximum atomic E-state index is 14.3. The number of nitrogens with one attached hydrogen (secondary N) is 2. The summed E-state index contributed by atoms with van der Waals surface area (Å²) in [6.45, 7) is 11.0. The minimum absolute atomic E-state index is 0.0471. The van der Waals surface area contributed by atoms with Gasteiger partial charge in [0.1, 0.15) is 5.41 Å². The van der Waals surface area contributed by atoms with Crippen LogP contribution < -0.4 is 5.32 Å². The summed E-state index contributed by atoms with van der Waals surface area (Å²) in [5.74, 6) is -4.07. The van der Waals surface area contributed by atoms with Crippen LogP contribution >= 0.6 is 0 Å². The molecule has 0 radical (unpaired) electrons. The number of amides is 1. The van der Waals surface area contributed by atoms with E-state index in [1.54, 1.807) is 13.0 Å². The summed E-state index contributed by atoms with van der Waals surface area (Å²) in [4.78, 5) is 56.9. The fraction of sp³-hybridized carbons (Fsp3) is 0.412. The average Bonchev–Trinajstić information content (AvgIpc) is 3.49. The molecule has 1 aliphatic heterocycles. The normalized spacial score (nSPS) is 36.4. The second-order valence-corrected chi connectivity index (χ2v) is 12.0. The van der Waals surface area contributed by atoms with Crippen LogP contribution in [0.25, 0.3) is 10.9 Å². The van der Waals surface area contributed by atoms with Gasteiger partial charge < -0.3 is 20.1 Å². The number of hydrogen-bond donors (Lipinski definition) is 3. The quantitative estimate of drug-likeness (QED) is 0.289. The molecule has 1 spiro atoms. The standard InChI is InChI=1S/C34H38N2O6/c1-18-9-8-11-25-31(40)21(4)20(3)30-27(16-23-17-35-26-12-7-6-10-24(23)26)36-33(41)34(25,30)29(39)14-13-28(38)32(19(2)15-18)42-22(5)37/h6-8,10-15,17-18,20,25,27,30-32,35,40H,4,9,16H2,1-3,5H3,(H,36,41)/b11-8+,14-13+,19-15+/t18-,20+,25-,27-,30-,31+,32+,34-/m0/s1. The first kappa shape index (κ1) is 29.5. The molecule has 1 aromatic heterocycles. The summed E-state index contributed by atoms with van der Waals surface area (Å²) in [6, 6.07) is 7.48. The lowest BCUT2D eigenvalue weighted by molar-refractivity contribution is -0.149. The number of aromatic nitrogens is 1. The molecule has 1 aromatic carbocycles. The van der Waals surface area contributed by atoms with Crippen LogP contribution in [0.3, 0.4) is 0 Å². The topological polar surface area (TPSA) is 126 Å². The number of rotatable bonds is 3. The molecule has 2 aliphatic carbocycles. The second-order valence-electron chi connectivity index (χ2n) is 12.0. The second kappa shape index (κ2) is 11.3. The molecule has 1 saturated heterocycles. The summed E-state index contributed by atoms with van der Waals surface area (Å²) in [6.07, 6.45) is 8.34. The number of para-hydroxylation sites is 1. The van der Waals surface area contributed by atoms with Crippen molar-refractivity contribution in [2.75, 3.05) is 0 Å². The fourth-order valence-electron chi connectivity index (χ4n) is 7.32. The van der Waals surface area contributed by atoms with Crippen molar-refractivity contribution in [3.8, 4) is 0 Å². The van der Waals surface area contributed by atoms with Gasteiger partial charge in [-0.15, -0.1) is 0 Å². The zero-order valence-corrected chi connectivity index (χ0v) is 24.4. The number of aliphatic hydroxyl groups excluding tert-OH is 1. The third-order valence-corrected chi connectivity index (χ3v) is 9.30. The highest BCUT2D eigenvalue weighted by Gasteiger charge is 2.68. The Labute approximate surface area is 245 Å². The lowest BCUT2D eigenvalue weighted by Crippen LogP contribution is -2.58. The number of aliphatic hydroxyl groups is 1.